The van der Waals surface area contributed by atoms with Gasteiger partial charge in [0, 0.05) is 0 Å². The van der Waals surface area contributed by atoms with Crippen LogP contribution in [0.15, 0.2) is 39.3 Å². The minimum atomic E-state index is -1.06. The van der Waals surface area contributed by atoms with Gasteiger partial charge in [0.15, 0.2) is 4.77 Å². The van der Waals surface area contributed by atoms with Crippen molar-refractivity contribution in [1.82, 2.24) is 9.97 Å². The van der Waals surface area contributed by atoms with Crippen LogP contribution in [-0.2, 0) is 0 Å². The molecule has 2 aromatic rings. The van der Waals surface area contributed by atoms with Gasteiger partial charge in [-0.05, 0) is 36.5 Å². The lowest BCUT2D eigenvalue weighted by Crippen LogP contribution is -2.06. The van der Waals surface area contributed by atoms with Gasteiger partial charge < -0.3 is 15.2 Å². The number of nitrogens with zero attached hydrogens (tertiary/aromatic N) is 2. The van der Waals surface area contributed by atoms with E-state index in [0.29, 0.717) is 5.69 Å². The van der Waals surface area contributed by atoms with E-state index in [9.17, 15) is 14.7 Å². The number of nitrogens with one attached hydrogen (secondary N) is 2. The molecule has 20 heavy (non-hydrogen) atoms. The molecule has 1 aromatic heterocycles. The molecule has 0 amide bonds. The smallest absolute Gasteiger partial charge is 0.335 e. The molecule has 0 saturated carbocycles. The Bertz CT molecular complexity index is 791. The number of rotatable bonds is 3. The number of carboxylic acid groups (broad SMARTS) is 1. The minimum Gasteiger partial charge on any atom is -0.493 e. The highest BCUT2D eigenvalue weighted by molar-refractivity contribution is 7.71. The first-order valence-electron chi connectivity index (χ1n) is 5.28. The predicted molar refractivity (Wildman–Crippen MR) is 71.5 cm³/mol. The van der Waals surface area contributed by atoms with Gasteiger partial charge in [-0.25, -0.2) is 4.79 Å². The van der Waals surface area contributed by atoms with Crippen molar-refractivity contribution in [2.75, 3.05) is 0 Å². The molecule has 102 valence electrons. The van der Waals surface area contributed by atoms with Crippen LogP contribution in [-0.4, -0.2) is 26.2 Å². The molecule has 0 fully saturated rings. The van der Waals surface area contributed by atoms with E-state index in [1.54, 1.807) is 0 Å². The third-order valence-corrected chi connectivity index (χ3v) is 2.48. The van der Waals surface area contributed by atoms with Crippen molar-refractivity contribution in [2.24, 2.45) is 10.2 Å². The van der Waals surface area contributed by atoms with Crippen LogP contribution in [0.5, 0.6) is 5.88 Å². The van der Waals surface area contributed by atoms with Crippen LogP contribution >= 0.6 is 12.2 Å². The maximum atomic E-state index is 11.5. The summed E-state index contributed by atoms with van der Waals surface area (Å²) < 4.78 is -0.0303. The normalized spacial score (nSPS) is 10.8. The number of aromatic hydroxyl groups is 1. The Morgan fingerprint density at radius 3 is 2.35 bits per heavy atom. The van der Waals surface area contributed by atoms with Crippen molar-refractivity contribution in [3.63, 3.8) is 0 Å². The molecule has 8 nitrogen and oxygen atoms in total. The number of carbonyl (C=O) groups is 1. The van der Waals surface area contributed by atoms with Gasteiger partial charge in [0.2, 0.25) is 11.6 Å². The standard InChI is InChI=1S/C11H8N4O4S/c16-8-7(9(17)13-11(20)12-8)15-14-6-3-1-5(2-4-6)10(18)19/h1-4H,(H,18,19)(H3,12,13,16,17,20). The average Bonchev–Trinajstić information content (AvgIpc) is 2.38. The third-order valence-electron chi connectivity index (χ3n) is 2.28. The molecule has 2 rings (SSSR count). The van der Waals surface area contributed by atoms with Crippen molar-refractivity contribution < 1.29 is 15.0 Å². The summed E-state index contributed by atoms with van der Waals surface area (Å²) in [5, 5.41) is 25.6. The van der Waals surface area contributed by atoms with Crippen molar-refractivity contribution in [3.05, 3.63) is 45.0 Å². The number of aromatic nitrogens is 2. The summed E-state index contributed by atoms with van der Waals surface area (Å²) in [6.07, 6.45) is 0. The molecule has 1 aromatic carbocycles. The van der Waals surface area contributed by atoms with Gasteiger partial charge in [-0.1, -0.05) is 0 Å². The highest BCUT2D eigenvalue weighted by Gasteiger charge is 2.06. The van der Waals surface area contributed by atoms with Gasteiger partial charge in [-0.3, -0.25) is 9.78 Å². The Kier molecular flexibility index (Phi) is 3.71. The summed E-state index contributed by atoms with van der Waals surface area (Å²) in [4.78, 5) is 26.7. The van der Waals surface area contributed by atoms with E-state index in [1.165, 1.54) is 24.3 Å². The molecule has 0 atom stereocenters. The van der Waals surface area contributed by atoms with Crippen LogP contribution < -0.4 is 5.56 Å². The summed E-state index contributed by atoms with van der Waals surface area (Å²) in [5.74, 6) is -1.55. The van der Waals surface area contributed by atoms with E-state index >= 15 is 0 Å². The van der Waals surface area contributed by atoms with Crippen molar-refractivity contribution >= 4 is 29.6 Å². The van der Waals surface area contributed by atoms with Gasteiger partial charge >= 0.3 is 5.97 Å². The molecule has 0 unspecified atom stereocenters. The summed E-state index contributed by atoms with van der Waals surface area (Å²) in [6, 6.07) is 5.53. The first-order valence-corrected chi connectivity index (χ1v) is 5.69. The van der Waals surface area contributed by atoms with Gasteiger partial charge in [-0.2, -0.15) is 5.11 Å². The van der Waals surface area contributed by atoms with Crippen LogP contribution in [0.25, 0.3) is 0 Å². The van der Waals surface area contributed by atoms with Crippen LogP contribution in [0.1, 0.15) is 10.4 Å². The Morgan fingerprint density at radius 2 is 1.80 bits per heavy atom. The van der Waals surface area contributed by atoms with Crippen molar-refractivity contribution in [1.29, 1.82) is 0 Å². The first kappa shape index (κ1) is 13.6. The van der Waals surface area contributed by atoms with Crippen LogP contribution in [0.2, 0.25) is 0 Å². The van der Waals surface area contributed by atoms with Gasteiger partial charge in [0.25, 0.3) is 5.56 Å². The SMILES string of the molecule is O=C(O)c1ccc(N=Nc2c(O)[nH]c(=S)[nH]c2=O)cc1. The molecule has 1 heterocycles. The van der Waals surface area contributed by atoms with Gasteiger partial charge in [0.1, 0.15) is 0 Å². The number of carboxylic acids is 1. The zero-order valence-electron chi connectivity index (χ0n) is 9.82. The lowest BCUT2D eigenvalue weighted by Gasteiger charge is -1.97. The second kappa shape index (κ2) is 5.45. The van der Waals surface area contributed by atoms with Gasteiger partial charge in [0.05, 0.1) is 11.3 Å². The number of aromatic amines is 2. The Hall–Kier alpha value is -2.81. The molecule has 0 aliphatic heterocycles. The fraction of sp³-hybridized carbons (Fsp3) is 0. The van der Waals surface area contributed by atoms with Crippen molar-refractivity contribution in [3.8, 4) is 5.88 Å². The lowest BCUT2D eigenvalue weighted by molar-refractivity contribution is 0.0697. The Morgan fingerprint density at radius 1 is 1.15 bits per heavy atom. The molecule has 4 N–H and O–H groups in total. The molecule has 0 aliphatic carbocycles. The molecule has 0 radical (unpaired) electrons. The predicted octanol–water partition coefficient (Wildman–Crippen LogP) is 2.25. The van der Waals surface area contributed by atoms with Crippen LogP contribution in [0.4, 0.5) is 11.4 Å². The number of aromatic carboxylic acids is 1. The average molecular weight is 292 g/mol. The van der Waals surface area contributed by atoms with Crippen LogP contribution in [0.3, 0.4) is 0 Å². The highest BCUT2D eigenvalue weighted by atomic mass is 32.1. The minimum absolute atomic E-state index is 0.0303. The number of hydrogen-bond donors (Lipinski definition) is 4. The van der Waals surface area contributed by atoms with E-state index in [-0.39, 0.29) is 16.0 Å². The fourth-order valence-electron chi connectivity index (χ4n) is 1.34. The van der Waals surface area contributed by atoms with E-state index in [0.717, 1.165) is 0 Å². The lowest BCUT2D eigenvalue weighted by atomic mass is 10.2. The second-order valence-corrected chi connectivity index (χ2v) is 4.07. The third kappa shape index (κ3) is 2.95. The maximum Gasteiger partial charge on any atom is 0.335 e. The summed E-state index contributed by atoms with van der Waals surface area (Å²) in [6.45, 7) is 0. The van der Waals surface area contributed by atoms with Crippen molar-refractivity contribution in [2.45, 2.75) is 0 Å². The zero-order chi connectivity index (χ0) is 14.7. The van der Waals surface area contributed by atoms with E-state index in [1.807, 2.05) is 0 Å². The largest absolute Gasteiger partial charge is 0.493 e. The number of azo groups is 1. The number of H-pyrrole nitrogens is 2. The molecular weight excluding hydrogens is 284 g/mol. The molecular formula is C11H8N4O4S. The van der Waals surface area contributed by atoms with Gasteiger partial charge in [-0.15, -0.1) is 5.11 Å². The topological polar surface area (TPSA) is 131 Å². The number of hydrogen-bond acceptors (Lipinski definition) is 6. The molecule has 9 heteroatoms. The molecule has 0 saturated heterocycles. The Labute approximate surface area is 116 Å². The molecule has 0 bridgehead atoms. The highest BCUT2D eigenvalue weighted by Crippen LogP contribution is 2.21. The molecule has 0 aliphatic rings. The van der Waals surface area contributed by atoms with Crippen LogP contribution in [0, 0.1) is 4.77 Å². The summed E-state index contributed by atoms with van der Waals surface area (Å²) >= 11 is 4.66. The second-order valence-electron chi connectivity index (χ2n) is 3.66. The van der Waals surface area contributed by atoms with E-state index in [4.69, 9.17) is 5.11 Å². The quantitative estimate of drug-likeness (QED) is 0.509. The molecule has 0 spiro atoms. The Balaban J connectivity index is 2.32. The van der Waals surface area contributed by atoms with E-state index < -0.39 is 17.4 Å². The monoisotopic (exact) mass is 292 g/mol. The first-order chi connectivity index (χ1) is 9.47. The summed E-state index contributed by atoms with van der Waals surface area (Å²) in [7, 11) is 0. The zero-order valence-corrected chi connectivity index (χ0v) is 10.6. The maximum absolute atomic E-state index is 11.5. The fourth-order valence-corrected chi connectivity index (χ4v) is 1.53. The van der Waals surface area contributed by atoms with E-state index in [2.05, 4.69) is 32.4 Å². The number of benzene rings is 1. The summed E-state index contributed by atoms with van der Waals surface area (Å²) in [5.41, 5.74) is -0.567.